The van der Waals surface area contributed by atoms with Crippen LogP contribution < -0.4 is 5.32 Å². The number of benzene rings is 1. The van der Waals surface area contributed by atoms with Crippen LogP contribution in [0.15, 0.2) is 42.7 Å². The molecule has 0 saturated carbocycles. The van der Waals surface area contributed by atoms with Crippen molar-refractivity contribution in [2.24, 2.45) is 5.92 Å². The van der Waals surface area contributed by atoms with Gasteiger partial charge in [-0.05, 0) is 25.0 Å². The molecule has 0 spiro atoms. The van der Waals surface area contributed by atoms with Crippen molar-refractivity contribution in [1.29, 1.82) is 0 Å². The van der Waals surface area contributed by atoms with Gasteiger partial charge in [0, 0.05) is 37.2 Å². The van der Waals surface area contributed by atoms with Crippen molar-refractivity contribution in [3.8, 4) is 0 Å². The second kappa shape index (κ2) is 5.89. The molecule has 1 aliphatic rings. The van der Waals surface area contributed by atoms with E-state index in [-0.39, 0.29) is 0 Å². The zero-order chi connectivity index (χ0) is 12.9. The Bertz CT molecular complexity index is 503. The topological polar surface area (TPSA) is 39.1 Å². The van der Waals surface area contributed by atoms with Crippen LogP contribution in [0, 0.1) is 5.92 Å². The van der Waals surface area contributed by atoms with E-state index in [9.17, 15) is 0 Å². The van der Waals surface area contributed by atoms with Crippen LogP contribution in [0.2, 0.25) is 0 Å². The Morgan fingerprint density at radius 2 is 2.21 bits per heavy atom. The summed E-state index contributed by atoms with van der Waals surface area (Å²) in [4.78, 5) is 4.39. The minimum Gasteiger partial charge on any atom is -0.381 e. The monoisotopic (exact) mass is 257 g/mol. The molecule has 1 saturated heterocycles. The molecule has 1 aliphatic heterocycles. The van der Waals surface area contributed by atoms with Crippen LogP contribution in [0.25, 0.3) is 0 Å². The number of nitrogens with zero attached hydrogens (tertiary/aromatic N) is 2. The maximum atomic E-state index is 5.53. The number of hydrogen-bond donors (Lipinski definition) is 1. The smallest absolute Gasteiger partial charge is 0.207 e. The molecule has 100 valence electrons. The summed E-state index contributed by atoms with van der Waals surface area (Å²) in [6, 6.07) is 10.1. The molecule has 0 bridgehead atoms. The van der Waals surface area contributed by atoms with E-state index in [4.69, 9.17) is 4.74 Å². The highest BCUT2D eigenvalue weighted by molar-refractivity contribution is 5.52. The average Bonchev–Trinajstić information content (AvgIpc) is 2.88. The van der Waals surface area contributed by atoms with E-state index >= 15 is 0 Å². The van der Waals surface area contributed by atoms with Crippen molar-refractivity contribution in [2.45, 2.75) is 19.4 Å². The molecule has 0 radical (unpaired) electrons. The van der Waals surface area contributed by atoms with Gasteiger partial charge in [0.05, 0.1) is 6.61 Å². The van der Waals surface area contributed by atoms with Gasteiger partial charge in [-0.15, -0.1) is 0 Å². The van der Waals surface area contributed by atoms with E-state index in [1.54, 1.807) is 0 Å². The van der Waals surface area contributed by atoms with Gasteiger partial charge < -0.3 is 14.6 Å². The highest BCUT2D eigenvalue weighted by Crippen LogP contribution is 2.19. The Hall–Kier alpha value is -1.81. The lowest BCUT2D eigenvalue weighted by molar-refractivity contribution is 0.0486. The summed E-state index contributed by atoms with van der Waals surface area (Å²) in [6.07, 6.45) is 6.28. The summed E-state index contributed by atoms with van der Waals surface area (Å²) in [5, 5.41) is 3.35. The van der Waals surface area contributed by atoms with Crippen LogP contribution >= 0.6 is 0 Å². The molecular weight excluding hydrogens is 238 g/mol. The zero-order valence-corrected chi connectivity index (χ0v) is 11.0. The Morgan fingerprint density at radius 3 is 3.00 bits per heavy atom. The summed E-state index contributed by atoms with van der Waals surface area (Å²) < 4.78 is 7.71. The van der Waals surface area contributed by atoms with Crippen LogP contribution in [-0.2, 0) is 11.3 Å². The van der Waals surface area contributed by atoms with Gasteiger partial charge in [0.2, 0.25) is 5.95 Å². The lowest BCUT2D eigenvalue weighted by Gasteiger charge is -2.23. The summed E-state index contributed by atoms with van der Waals surface area (Å²) >= 11 is 0. The third-order valence-corrected chi connectivity index (χ3v) is 3.45. The van der Waals surface area contributed by atoms with Gasteiger partial charge >= 0.3 is 0 Å². The molecule has 2 aromatic rings. The Labute approximate surface area is 113 Å². The van der Waals surface area contributed by atoms with E-state index in [1.165, 1.54) is 12.8 Å². The van der Waals surface area contributed by atoms with E-state index in [0.29, 0.717) is 5.92 Å². The fourth-order valence-electron chi connectivity index (χ4n) is 2.46. The van der Waals surface area contributed by atoms with Gasteiger partial charge in [-0.3, -0.25) is 0 Å². The highest BCUT2D eigenvalue weighted by atomic mass is 16.5. The molecule has 3 rings (SSSR count). The number of imidazole rings is 1. The predicted molar refractivity (Wildman–Crippen MR) is 75.5 cm³/mol. The van der Waals surface area contributed by atoms with E-state index in [1.807, 2.05) is 42.7 Å². The third-order valence-electron chi connectivity index (χ3n) is 3.45. The molecular formula is C15H19N3O. The van der Waals surface area contributed by atoms with Crippen molar-refractivity contribution >= 4 is 11.6 Å². The first kappa shape index (κ1) is 12.2. The van der Waals surface area contributed by atoms with E-state index in [2.05, 4.69) is 14.9 Å². The van der Waals surface area contributed by atoms with Crippen molar-refractivity contribution < 1.29 is 4.74 Å². The summed E-state index contributed by atoms with van der Waals surface area (Å²) in [7, 11) is 0. The molecule has 4 nitrogen and oxygen atoms in total. The largest absolute Gasteiger partial charge is 0.381 e. The van der Waals surface area contributed by atoms with Crippen molar-refractivity contribution in [3.05, 3.63) is 42.7 Å². The van der Waals surface area contributed by atoms with Crippen molar-refractivity contribution in [2.75, 3.05) is 18.5 Å². The van der Waals surface area contributed by atoms with Crippen LogP contribution in [0.3, 0.4) is 0 Å². The number of hydrogen-bond acceptors (Lipinski definition) is 3. The maximum Gasteiger partial charge on any atom is 0.207 e. The first-order chi connectivity index (χ1) is 9.42. The van der Waals surface area contributed by atoms with Gasteiger partial charge in [0.15, 0.2) is 0 Å². The standard InChI is InChI=1S/C15H19N3O/c1-2-6-14(7-3-1)17-15-16-8-9-18(15)11-13-5-4-10-19-12-13/h1-3,6-9,13H,4-5,10-12H2,(H,16,17). The molecule has 0 amide bonds. The summed E-state index contributed by atoms with van der Waals surface area (Å²) in [5.41, 5.74) is 1.06. The van der Waals surface area contributed by atoms with Crippen LogP contribution in [-0.4, -0.2) is 22.8 Å². The SMILES string of the molecule is c1ccc(Nc2nccn2CC2CCCOC2)cc1. The van der Waals surface area contributed by atoms with Crippen LogP contribution in [0.1, 0.15) is 12.8 Å². The molecule has 1 N–H and O–H groups in total. The van der Waals surface area contributed by atoms with Gasteiger partial charge in [0.1, 0.15) is 0 Å². The number of aromatic nitrogens is 2. The second-order valence-corrected chi connectivity index (χ2v) is 4.98. The number of nitrogens with one attached hydrogen (secondary N) is 1. The molecule has 1 fully saturated rings. The lowest BCUT2D eigenvalue weighted by Crippen LogP contribution is -2.22. The predicted octanol–water partition coefficient (Wildman–Crippen LogP) is 3.05. The van der Waals surface area contributed by atoms with Gasteiger partial charge in [-0.1, -0.05) is 18.2 Å². The molecule has 4 heteroatoms. The molecule has 1 atom stereocenters. The van der Waals surface area contributed by atoms with Gasteiger partial charge in [-0.25, -0.2) is 4.98 Å². The fraction of sp³-hybridized carbons (Fsp3) is 0.400. The summed E-state index contributed by atoms with van der Waals surface area (Å²) in [6.45, 7) is 2.74. The molecule has 0 aliphatic carbocycles. The highest BCUT2D eigenvalue weighted by Gasteiger charge is 2.15. The van der Waals surface area contributed by atoms with E-state index < -0.39 is 0 Å². The maximum absolute atomic E-state index is 5.53. The number of anilines is 2. The third kappa shape index (κ3) is 3.15. The van der Waals surface area contributed by atoms with Crippen molar-refractivity contribution in [1.82, 2.24) is 9.55 Å². The first-order valence-electron chi connectivity index (χ1n) is 6.83. The second-order valence-electron chi connectivity index (χ2n) is 4.98. The van der Waals surface area contributed by atoms with Gasteiger partial charge in [0.25, 0.3) is 0 Å². The summed E-state index contributed by atoms with van der Waals surface area (Å²) in [5.74, 6) is 1.50. The average molecular weight is 257 g/mol. The number of para-hydroxylation sites is 1. The number of rotatable bonds is 4. The van der Waals surface area contributed by atoms with E-state index in [0.717, 1.165) is 31.4 Å². The molecule has 19 heavy (non-hydrogen) atoms. The normalized spacial score (nSPS) is 19.3. The van der Waals surface area contributed by atoms with Gasteiger partial charge in [-0.2, -0.15) is 0 Å². The van der Waals surface area contributed by atoms with Crippen LogP contribution in [0.5, 0.6) is 0 Å². The lowest BCUT2D eigenvalue weighted by atomic mass is 10.0. The number of ether oxygens (including phenoxy) is 1. The minimum absolute atomic E-state index is 0.597. The van der Waals surface area contributed by atoms with Crippen LogP contribution in [0.4, 0.5) is 11.6 Å². The van der Waals surface area contributed by atoms with Crippen molar-refractivity contribution in [3.63, 3.8) is 0 Å². The molecule has 1 aromatic heterocycles. The zero-order valence-electron chi connectivity index (χ0n) is 11.0. The Kier molecular flexibility index (Phi) is 3.79. The Morgan fingerprint density at radius 1 is 1.32 bits per heavy atom. The molecule has 2 heterocycles. The molecule has 1 aromatic carbocycles. The molecule has 1 unspecified atom stereocenters. The quantitative estimate of drug-likeness (QED) is 0.915. The minimum atomic E-state index is 0.597. The fourth-order valence-corrected chi connectivity index (χ4v) is 2.46. The Balaban J connectivity index is 1.68. The first-order valence-corrected chi connectivity index (χ1v) is 6.83.